The fourth-order valence-corrected chi connectivity index (χ4v) is 3.88. The molecule has 0 unspecified atom stereocenters. The second-order valence-electron chi connectivity index (χ2n) is 6.05. The number of carbonyl (C=O) groups is 1. The van der Waals surface area contributed by atoms with Crippen LogP contribution in [-0.2, 0) is 11.2 Å². The van der Waals surface area contributed by atoms with E-state index in [1.165, 1.54) is 23.1 Å². The summed E-state index contributed by atoms with van der Waals surface area (Å²) in [6.45, 7) is 3.80. The number of fused-ring (bicyclic) bond motifs is 1. The van der Waals surface area contributed by atoms with Crippen molar-refractivity contribution in [2.75, 3.05) is 11.6 Å². The lowest BCUT2D eigenvalue weighted by molar-refractivity contribution is -0.115. The number of thiazole rings is 1. The third kappa shape index (κ3) is 3.60. The molecule has 0 spiro atoms. The van der Waals surface area contributed by atoms with Gasteiger partial charge in [-0.05, 0) is 32.2 Å². The Bertz CT molecular complexity index is 1150. The van der Waals surface area contributed by atoms with Crippen LogP contribution in [0, 0.1) is 13.8 Å². The molecule has 0 saturated heterocycles. The largest absolute Gasteiger partial charge is 0.302 e. The predicted octanol–water partition coefficient (Wildman–Crippen LogP) is 3.16. The number of aryl methyl sites for hydroxylation is 2. The molecule has 4 heterocycles. The molecular weight excluding hydrogens is 394 g/mol. The second-order valence-corrected chi connectivity index (χ2v) is 7.68. The van der Waals surface area contributed by atoms with Crippen molar-refractivity contribution in [3.8, 4) is 11.4 Å². The molecule has 142 valence electrons. The van der Waals surface area contributed by atoms with E-state index in [2.05, 4.69) is 30.4 Å². The van der Waals surface area contributed by atoms with Gasteiger partial charge in [-0.25, -0.2) is 14.5 Å². The summed E-state index contributed by atoms with van der Waals surface area (Å²) in [4.78, 5) is 30.2. The van der Waals surface area contributed by atoms with E-state index in [4.69, 9.17) is 0 Å². The molecule has 28 heavy (non-hydrogen) atoms. The molecule has 1 N–H and O–H groups in total. The molecule has 0 aromatic carbocycles. The van der Waals surface area contributed by atoms with Crippen LogP contribution in [0.1, 0.15) is 17.0 Å². The number of thioether (sulfide) groups is 1. The van der Waals surface area contributed by atoms with E-state index in [9.17, 15) is 4.79 Å². The Labute approximate surface area is 169 Å². The van der Waals surface area contributed by atoms with Crippen LogP contribution in [0.2, 0.25) is 0 Å². The number of carbonyl (C=O) groups excluding carboxylic acids is 1. The van der Waals surface area contributed by atoms with Gasteiger partial charge in [-0.15, -0.1) is 16.4 Å². The van der Waals surface area contributed by atoms with E-state index in [-0.39, 0.29) is 12.3 Å². The van der Waals surface area contributed by atoms with Crippen molar-refractivity contribution in [3.63, 3.8) is 0 Å². The Kier molecular flexibility index (Phi) is 5.05. The van der Waals surface area contributed by atoms with E-state index in [0.29, 0.717) is 16.1 Å². The maximum atomic E-state index is 12.6. The third-order valence-corrected chi connectivity index (χ3v) is 5.52. The summed E-state index contributed by atoms with van der Waals surface area (Å²) >= 11 is 2.83. The molecule has 0 fully saturated rings. The molecule has 4 aromatic rings. The average molecular weight is 412 g/mol. The van der Waals surface area contributed by atoms with Crippen LogP contribution in [-0.4, -0.2) is 41.7 Å². The summed E-state index contributed by atoms with van der Waals surface area (Å²) in [6.07, 6.45) is 3.82. The van der Waals surface area contributed by atoms with Crippen LogP contribution >= 0.6 is 23.1 Å². The van der Waals surface area contributed by atoms with Crippen molar-refractivity contribution >= 4 is 39.9 Å². The maximum absolute atomic E-state index is 12.6. The summed E-state index contributed by atoms with van der Waals surface area (Å²) in [5.41, 5.74) is 3.98. The fraction of sp³-hybridized carbons (Fsp3) is 0.222. The highest BCUT2D eigenvalue weighted by Gasteiger charge is 2.17. The molecule has 0 atom stereocenters. The van der Waals surface area contributed by atoms with Crippen LogP contribution in [0.15, 0.2) is 34.9 Å². The molecule has 1 amide bonds. The number of pyridine rings is 1. The monoisotopic (exact) mass is 411 g/mol. The van der Waals surface area contributed by atoms with Crippen LogP contribution in [0.25, 0.3) is 17.2 Å². The van der Waals surface area contributed by atoms with E-state index in [1.54, 1.807) is 10.7 Å². The summed E-state index contributed by atoms with van der Waals surface area (Å²) in [5, 5.41) is 10.4. The summed E-state index contributed by atoms with van der Waals surface area (Å²) in [6, 6.07) is 5.64. The number of nitrogens with one attached hydrogen (secondary N) is 1. The van der Waals surface area contributed by atoms with Gasteiger partial charge in [0.15, 0.2) is 5.13 Å². The molecule has 4 aromatic heterocycles. The van der Waals surface area contributed by atoms with Crippen molar-refractivity contribution in [2.45, 2.75) is 25.4 Å². The van der Waals surface area contributed by atoms with Gasteiger partial charge in [-0.3, -0.25) is 9.78 Å². The van der Waals surface area contributed by atoms with Crippen LogP contribution < -0.4 is 5.32 Å². The Morgan fingerprint density at radius 1 is 1.21 bits per heavy atom. The highest BCUT2D eigenvalue weighted by Crippen LogP contribution is 2.24. The first-order valence-corrected chi connectivity index (χ1v) is 10.6. The van der Waals surface area contributed by atoms with Gasteiger partial charge >= 0.3 is 0 Å². The zero-order valence-electron chi connectivity index (χ0n) is 15.5. The van der Waals surface area contributed by atoms with Gasteiger partial charge in [-0.2, -0.15) is 4.98 Å². The second kappa shape index (κ2) is 7.64. The zero-order valence-corrected chi connectivity index (χ0v) is 17.1. The topological polar surface area (TPSA) is 98.0 Å². The van der Waals surface area contributed by atoms with Crippen LogP contribution in [0.4, 0.5) is 5.13 Å². The molecule has 0 aliphatic rings. The summed E-state index contributed by atoms with van der Waals surface area (Å²) < 4.78 is 1.68. The summed E-state index contributed by atoms with van der Waals surface area (Å²) in [5.74, 6) is 0.392. The minimum Gasteiger partial charge on any atom is -0.302 e. The van der Waals surface area contributed by atoms with Crippen molar-refractivity contribution in [3.05, 3.63) is 46.7 Å². The first kappa shape index (κ1) is 18.5. The third-order valence-electron chi connectivity index (χ3n) is 4.23. The van der Waals surface area contributed by atoms with Crippen molar-refractivity contribution in [1.29, 1.82) is 0 Å². The zero-order chi connectivity index (χ0) is 19.7. The fourth-order valence-electron chi connectivity index (χ4n) is 2.82. The first-order valence-electron chi connectivity index (χ1n) is 8.49. The molecule has 0 bridgehead atoms. The number of rotatable bonds is 5. The van der Waals surface area contributed by atoms with E-state index in [1.807, 2.05) is 43.7 Å². The maximum Gasteiger partial charge on any atom is 0.253 e. The predicted molar refractivity (Wildman–Crippen MR) is 110 cm³/mol. The number of amides is 1. The number of anilines is 1. The minimum atomic E-state index is -0.153. The molecule has 0 saturated carbocycles. The standard InChI is InChI=1S/C18H17N7OS2/c1-10-12(11(2)25-16(20-10)23-18(24-25)27-3)8-15(26)22-17-21-14(9-28-17)13-6-4-5-7-19-13/h4-7,9H,8H2,1-3H3,(H,21,22,26). The van der Waals surface area contributed by atoms with Crippen molar-refractivity contribution in [1.82, 2.24) is 29.5 Å². The lowest BCUT2D eigenvalue weighted by atomic mass is 10.1. The number of nitrogens with zero attached hydrogens (tertiary/aromatic N) is 6. The molecule has 4 rings (SSSR count). The first-order chi connectivity index (χ1) is 13.5. The normalized spacial score (nSPS) is 11.1. The SMILES string of the molecule is CSc1nc2nc(C)c(CC(=O)Nc3nc(-c4ccccn4)cs3)c(C)n2n1. The van der Waals surface area contributed by atoms with E-state index in [0.717, 1.165) is 28.3 Å². The van der Waals surface area contributed by atoms with Gasteiger partial charge < -0.3 is 5.32 Å². The summed E-state index contributed by atoms with van der Waals surface area (Å²) in [7, 11) is 0. The molecule has 8 nitrogen and oxygen atoms in total. The number of hydrogen-bond acceptors (Lipinski definition) is 8. The van der Waals surface area contributed by atoms with E-state index >= 15 is 0 Å². The van der Waals surface area contributed by atoms with Gasteiger partial charge in [0.2, 0.25) is 11.1 Å². The van der Waals surface area contributed by atoms with Gasteiger partial charge in [0, 0.05) is 28.5 Å². The smallest absolute Gasteiger partial charge is 0.253 e. The Morgan fingerprint density at radius 3 is 2.82 bits per heavy atom. The van der Waals surface area contributed by atoms with Gasteiger partial charge in [0.05, 0.1) is 12.1 Å². The number of hydrogen-bond donors (Lipinski definition) is 1. The van der Waals surface area contributed by atoms with Gasteiger partial charge in [0.25, 0.3) is 5.78 Å². The molecule has 10 heteroatoms. The number of aromatic nitrogens is 6. The Balaban J connectivity index is 1.53. The highest BCUT2D eigenvalue weighted by molar-refractivity contribution is 7.98. The minimum absolute atomic E-state index is 0.153. The quantitative estimate of drug-likeness (QED) is 0.504. The lowest BCUT2D eigenvalue weighted by Crippen LogP contribution is -2.17. The lowest BCUT2D eigenvalue weighted by Gasteiger charge is -2.09. The van der Waals surface area contributed by atoms with Gasteiger partial charge in [-0.1, -0.05) is 17.8 Å². The molecule has 0 aliphatic heterocycles. The van der Waals surface area contributed by atoms with Crippen LogP contribution in [0.5, 0.6) is 0 Å². The Hall–Kier alpha value is -2.85. The van der Waals surface area contributed by atoms with Crippen LogP contribution in [0.3, 0.4) is 0 Å². The Morgan fingerprint density at radius 2 is 2.07 bits per heavy atom. The van der Waals surface area contributed by atoms with Crippen molar-refractivity contribution in [2.24, 2.45) is 0 Å². The molecule has 0 radical (unpaired) electrons. The van der Waals surface area contributed by atoms with Gasteiger partial charge in [0.1, 0.15) is 5.69 Å². The van der Waals surface area contributed by atoms with E-state index < -0.39 is 0 Å². The molecular formula is C18H17N7OS2. The molecule has 0 aliphatic carbocycles. The van der Waals surface area contributed by atoms with Crippen molar-refractivity contribution < 1.29 is 4.79 Å². The highest BCUT2D eigenvalue weighted by atomic mass is 32.2. The average Bonchev–Trinajstić information content (AvgIpc) is 3.33.